The van der Waals surface area contributed by atoms with Gasteiger partial charge in [0.1, 0.15) is 0 Å². The minimum Gasteiger partial charge on any atom is -0.481 e. The third kappa shape index (κ3) is 3.55. The summed E-state index contributed by atoms with van der Waals surface area (Å²) in [6.07, 6.45) is 7.55. The van der Waals surface area contributed by atoms with Gasteiger partial charge >= 0.3 is 5.97 Å². The normalized spacial score (nSPS) is 23.1. The summed E-state index contributed by atoms with van der Waals surface area (Å²) in [5, 5.41) is 14.3. The maximum Gasteiger partial charge on any atom is 0.308 e. The lowest BCUT2D eigenvalue weighted by molar-refractivity contribution is -0.141. The molecule has 6 heteroatoms. The van der Waals surface area contributed by atoms with Gasteiger partial charge in [-0.1, -0.05) is 49.6 Å². The highest BCUT2D eigenvalue weighted by Gasteiger charge is 2.41. The van der Waals surface area contributed by atoms with Gasteiger partial charge in [-0.2, -0.15) is 5.10 Å². The minimum absolute atomic E-state index is 0.0849. The van der Waals surface area contributed by atoms with E-state index < -0.39 is 11.9 Å². The van der Waals surface area contributed by atoms with E-state index >= 15 is 0 Å². The molecule has 2 atom stereocenters. The number of hydrogen-bond donors (Lipinski definition) is 1. The second-order valence-corrected chi connectivity index (χ2v) is 8.11. The van der Waals surface area contributed by atoms with Crippen LogP contribution in [0.2, 0.25) is 0 Å². The number of benzene rings is 1. The fourth-order valence-corrected chi connectivity index (χ4v) is 4.78. The predicted molar refractivity (Wildman–Crippen MR) is 105 cm³/mol. The van der Waals surface area contributed by atoms with E-state index in [4.69, 9.17) is 0 Å². The Bertz CT molecular complexity index is 855. The molecule has 0 spiro atoms. The number of likely N-dealkylation sites (tertiary alicyclic amines) is 1. The van der Waals surface area contributed by atoms with Crippen molar-refractivity contribution in [2.45, 2.75) is 43.9 Å². The lowest BCUT2D eigenvalue weighted by Gasteiger charge is -2.22. The first-order chi connectivity index (χ1) is 13.5. The quantitative estimate of drug-likeness (QED) is 0.881. The molecular weight excluding hydrogens is 354 g/mol. The molecule has 1 aliphatic carbocycles. The van der Waals surface area contributed by atoms with Crippen LogP contribution in [0.4, 0.5) is 0 Å². The van der Waals surface area contributed by atoms with Crippen LogP contribution in [0.1, 0.15) is 65.6 Å². The summed E-state index contributed by atoms with van der Waals surface area (Å²) in [5.74, 6) is -1.36. The van der Waals surface area contributed by atoms with Crippen LogP contribution < -0.4 is 0 Å². The van der Waals surface area contributed by atoms with Crippen LogP contribution in [0.3, 0.4) is 0 Å². The molecule has 0 radical (unpaired) electrons. The molecule has 1 amide bonds. The Morgan fingerprint density at radius 1 is 1.07 bits per heavy atom. The van der Waals surface area contributed by atoms with Crippen molar-refractivity contribution in [1.29, 1.82) is 0 Å². The van der Waals surface area contributed by atoms with Crippen LogP contribution in [0.25, 0.3) is 0 Å². The summed E-state index contributed by atoms with van der Waals surface area (Å²) in [5.41, 5.74) is 2.51. The van der Waals surface area contributed by atoms with Crippen LogP contribution in [0.5, 0.6) is 0 Å². The Morgan fingerprint density at radius 3 is 2.46 bits per heavy atom. The Kier molecular flexibility index (Phi) is 5.20. The van der Waals surface area contributed by atoms with Crippen LogP contribution >= 0.6 is 0 Å². The van der Waals surface area contributed by atoms with Gasteiger partial charge in [0.15, 0.2) is 0 Å². The van der Waals surface area contributed by atoms with Crippen molar-refractivity contribution in [2.75, 3.05) is 13.1 Å². The molecule has 0 bridgehead atoms. The summed E-state index contributed by atoms with van der Waals surface area (Å²) in [6, 6.07) is 9.66. The van der Waals surface area contributed by atoms with Gasteiger partial charge in [-0.3, -0.25) is 14.3 Å². The van der Waals surface area contributed by atoms with E-state index in [1.165, 1.54) is 19.3 Å². The lowest BCUT2D eigenvalue weighted by Crippen LogP contribution is -2.30. The van der Waals surface area contributed by atoms with E-state index in [9.17, 15) is 14.7 Å². The number of aromatic nitrogens is 2. The Labute approximate surface area is 165 Å². The SMILES string of the molecule is Cn1cc(C(=O)N2C[C@H](C(=O)O)[C@H](c3ccccc3)C2)c(C2CCCCC2)n1. The van der Waals surface area contributed by atoms with E-state index in [1.54, 1.807) is 15.8 Å². The van der Waals surface area contributed by atoms with Crippen molar-refractivity contribution in [1.82, 2.24) is 14.7 Å². The lowest BCUT2D eigenvalue weighted by atomic mass is 9.85. The van der Waals surface area contributed by atoms with Gasteiger partial charge in [-0.05, 0) is 18.4 Å². The van der Waals surface area contributed by atoms with E-state index in [1.807, 2.05) is 37.4 Å². The summed E-state index contributed by atoms with van der Waals surface area (Å²) in [7, 11) is 1.85. The van der Waals surface area contributed by atoms with Gasteiger partial charge in [0.25, 0.3) is 5.91 Å². The van der Waals surface area contributed by atoms with Crippen molar-refractivity contribution in [3.8, 4) is 0 Å². The first-order valence-corrected chi connectivity index (χ1v) is 10.1. The van der Waals surface area contributed by atoms with Crippen molar-refractivity contribution < 1.29 is 14.7 Å². The number of aliphatic carboxylic acids is 1. The van der Waals surface area contributed by atoms with Gasteiger partial charge in [0, 0.05) is 38.2 Å². The average Bonchev–Trinajstić information content (AvgIpc) is 3.33. The Morgan fingerprint density at radius 2 is 1.79 bits per heavy atom. The smallest absolute Gasteiger partial charge is 0.308 e. The molecule has 1 aromatic heterocycles. The first-order valence-electron chi connectivity index (χ1n) is 10.1. The standard InChI is InChI=1S/C22H27N3O3/c1-24-12-19(20(23-24)16-10-6-3-7-11-16)21(26)25-13-17(18(14-25)22(27)28)15-8-4-2-5-9-15/h2,4-5,8-9,12,16-18H,3,6-7,10-11,13-14H2,1H3,(H,27,28)/t17-,18-/m0/s1. The number of nitrogens with zero attached hydrogens (tertiary/aromatic N) is 3. The molecule has 1 saturated heterocycles. The van der Waals surface area contributed by atoms with Gasteiger partial charge in [0.2, 0.25) is 0 Å². The van der Waals surface area contributed by atoms with Crippen LogP contribution in [0.15, 0.2) is 36.5 Å². The molecular formula is C22H27N3O3. The molecule has 6 nitrogen and oxygen atoms in total. The predicted octanol–water partition coefficient (Wildman–Crippen LogP) is 3.41. The number of carboxylic acids is 1. The molecule has 4 rings (SSSR count). The van der Waals surface area contributed by atoms with Crippen LogP contribution in [0, 0.1) is 5.92 Å². The zero-order valence-electron chi connectivity index (χ0n) is 16.3. The maximum absolute atomic E-state index is 13.3. The number of carbonyl (C=O) groups excluding carboxylic acids is 1. The molecule has 1 N–H and O–H groups in total. The molecule has 1 saturated carbocycles. The van der Waals surface area contributed by atoms with Gasteiger partial charge in [-0.15, -0.1) is 0 Å². The van der Waals surface area contributed by atoms with Crippen molar-refractivity contribution >= 4 is 11.9 Å². The second-order valence-electron chi connectivity index (χ2n) is 8.11. The summed E-state index contributed by atoms with van der Waals surface area (Å²) < 4.78 is 1.72. The van der Waals surface area contributed by atoms with E-state index in [2.05, 4.69) is 5.10 Å². The number of carboxylic acid groups (broad SMARTS) is 1. The molecule has 2 aliphatic rings. The Hall–Kier alpha value is -2.63. The summed E-state index contributed by atoms with van der Waals surface area (Å²) in [4.78, 5) is 26.9. The number of carbonyl (C=O) groups is 2. The number of rotatable bonds is 4. The van der Waals surface area contributed by atoms with Gasteiger partial charge < -0.3 is 10.0 Å². The van der Waals surface area contributed by atoms with E-state index in [0.717, 1.165) is 24.1 Å². The molecule has 2 heterocycles. The monoisotopic (exact) mass is 381 g/mol. The molecule has 148 valence electrons. The molecule has 28 heavy (non-hydrogen) atoms. The second kappa shape index (κ2) is 7.78. The average molecular weight is 381 g/mol. The van der Waals surface area contributed by atoms with Gasteiger partial charge in [-0.25, -0.2) is 0 Å². The molecule has 1 aliphatic heterocycles. The topological polar surface area (TPSA) is 75.4 Å². The zero-order valence-corrected chi connectivity index (χ0v) is 16.3. The van der Waals surface area contributed by atoms with Gasteiger partial charge in [0.05, 0.1) is 17.2 Å². The number of amides is 1. The summed E-state index contributed by atoms with van der Waals surface area (Å²) >= 11 is 0. The largest absolute Gasteiger partial charge is 0.481 e. The molecule has 2 fully saturated rings. The highest BCUT2D eigenvalue weighted by Crippen LogP contribution is 2.36. The number of hydrogen-bond acceptors (Lipinski definition) is 3. The highest BCUT2D eigenvalue weighted by molar-refractivity contribution is 5.96. The fraction of sp³-hybridized carbons (Fsp3) is 0.500. The van der Waals surface area contributed by atoms with Crippen molar-refractivity contribution in [3.63, 3.8) is 0 Å². The molecule has 0 unspecified atom stereocenters. The third-order valence-electron chi connectivity index (χ3n) is 6.23. The van der Waals surface area contributed by atoms with E-state index in [-0.39, 0.29) is 18.4 Å². The first kappa shape index (κ1) is 18.7. The van der Waals surface area contributed by atoms with E-state index in [0.29, 0.717) is 18.0 Å². The third-order valence-corrected chi connectivity index (χ3v) is 6.23. The minimum atomic E-state index is -0.845. The van der Waals surface area contributed by atoms with Crippen molar-refractivity contribution in [3.05, 3.63) is 53.3 Å². The van der Waals surface area contributed by atoms with Crippen LogP contribution in [-0.2, 0) is 11.8 Å². The van der Waals surface area contributed by atoms with Crippen LogP contribution in [-0.4, -0.2) is 44.8 Å². The summed E-state index contributed by atoms with van der Waals surface area (Å²) in [6.45, 7) is 0.672. The zero-order chi connectivity index (χ0) is 19.7. The maximum atomic E-state index is 13.3. The molecule has 2 aromatic rings. The Balaban J connectivity index is 1.59. The molecule has 1 aromatic carbocycles. The van der Waals surface area contributed by atoms with Crippen molar-refractivity contribution in [2.24, 2.45) is 13.0 Å². The number of aryl methyl sites for hydroxylation is 1. The fourth-order valence-electron chi connectivity index (χ4n) is 4.78. The highest BCUT2D eigenvalue weighted by atomic mass is 16.4.